The van der Waals surface area contributed by atoms with Crippen LogP contribution in [0.25, 0.3) is 0 Å². The van der Waals surface area contributed by atoms with Gasteiger partial charge in [-0.05, 0) is 19.8 Å². The first-order valence-electron chi connectivity index (χ1n) is 5.15. The van der Waals surface area contributed by atoms with Crippen LogP contribution in [0.3, 0.4) is 0 Å². The molecule has 1 N–H and O–H groups in total. The lowest BCUT2D eigenvalue weighted by Crippen LogP contribution is -2.40. The molecule has 0 aliphatic heterocycles. The molecule has 15 heavy (non-hydrogen) atoms. The largest absolute Gasteiger partial charge is 0.481 e. The third kappa shape index (κ3) is 2.87. The third-order valence-corrected chi connectivity index (χ3v) is 3.32. The highest BCUT2D eigenvalue weighted by molar-refractivity contribution is 7.81. The molecule has 86 valence electrons. The van der Waals surface area contributed by atoms with E-state index in [2.05, 4.69) is 12.6 Å². The van der Waals surface area contributed by atoms with Gasteiger partial charge >= 0.3 is 11.9 Å². The summed E-state index contributed by atoms with van der Waals surface area (Å²) in [4.78, 5) is 22.6. The molecule has 3 atom stereocenters. The van der Waals surface area contributed by atoms with Crippen molar-refractivity contribution in [3.63, 3.8) is 0 Å². The van der Waals surface area contributed by atoms with Gasteiger partial charge in [-0.1, -0.05) is 6.42 Å². The Morgan fingerprint density at radius 1 is 1.47 bits per heavy atom. The molecule has 0 aromatic heterocycles. The van der Waals surface area contributed by atoms with Gasteiger partial charge in [0.15, 0.2) is 0 Å². The van der Waals surface area contributed by atoms with Gasteiger partial charge in [0.2, 0.25) is 0 Å². The van der Waals surface area contributed by atoms with Crippen molar-refractivity contribution in [3.8, 4) is 0 Å². The third-order valence-electron chi connectivity index (χ3n) is 2.74. The number of esters is 1. The van der Waals surface area contributed by atoms with Crippen LogP contribution in [0.4, 0.5) is 0 Å². The molecule has 0 amide bonds. The van der Waals surface area contributed by atoms with E-state index in [1.807, 2.05) is 0 Å². The Hall–Kier alpha value is -0.710. The van der Waals surface area contributed by atoms with E-state index < -0.39 is 23.8 Å². The maximum absolute atomic E-state index is 11.5. The predicted octanol–water partition coefficient (Wildman–Crippen LogP) is 1.35. The normalized spacial score (nSPS) is 30.9. The zero-order valence-electron chi connectivity index (χ0n) is 8.68. The van der Waals surface area contributed by atoms with Crippen molar-refractivity contribution >= 4 is 24.6 Å². The van der Waals surface area contributed by atoms with Crippen LogP contribution in [0.15, 0.2) is 0 Å². The lowest BCUT2D eigenvalue weighted by Gasteiger charge is -2.31. The summed E-state index contributed by atoms with van der Waals surface area (Å²) in [7, 11) is 0. The molecule has 5 heteroatoms. The minimum absolute atomic E-state index is 0.245. The van der Waals surface area contributed by atoms with Crippen molar-refractivity contribution in [1.29, 1.82) is 0 Å². The van der Waals surface area contributed by atoms with E-state index in [1.165, 1.54) is 0 Å². The fraction of sp³-hybridized carbons (Fsp3) is 0.800. The number of hydrogen-bond donors (Lipinski definition) is 2. The van der Waals surface area contributed by atoms with Gasteiger partial charge < -0.3 is 9.84 Å². The maximum atomic E-state index is 11.5. The first-order chi connectivity index (χ1) is 7.07. The summed E-state index contributed by atoms with van der Waals surface area (Å²) >= 11 is 4.23. The molecule has 1 saturated carbocycles. The molecule has 0 aromatic carbocycles. The molecule has 4 nitrogen and oxygen atoms in total. The van der Waals surface area contributed by atoms with Gasteiger partial charge in [0.25, 0.3) is 0 Å². The maximum Gasteiger partial charge on any atom is 0.309 e. The molecule has 3 unspecified atom stereocenters. The minimum Gasteiger partial charge on any atom is -0.481 e. The quantitative estimate of drug-likeness (QED) is 0.569. The SMILES string of the molecule is CCOC(=O)C1CCCC(S)C1C(=O)O. The number of carbonyl (C=O) groups is 2. The zero-order valence-corrected chi connectivity index (χ0v) is 9.57. The Morgan fingerprint density at radius 3 is 2.67 bits per heavy atom. The fourth-order valence-corrected chi connectivity index (χ4v) is 2.54. The second-order valence-corrected chi connectivity index (χ2v) is 4.38. The number of carbonyl (C=O) groups excluding carboxylic acids is 1. The molecule has 0 bridgehead atoms. The molecule has 1 fully saturated rings. The van der Waals surface area contributed by atoms with Crippen molar-refractivity contribution in [2.24, 2.45) is 11.8 Å². The Bertz CT molecular complexity index is 254. The number of aliphatic carboxylic acids is 1. The van der Waals surface area contributed by atoms with E-state index in [0.717, 1.165) is 12.8 Å². The number of carboxylic acids is 1. The molecule has 1 aliphatic carbocycles. The van der Waals surface area contributed by atoms with Crippen LogP contribution in [-0.2, 0) is 14.3 Å². The van der Waals surface area contributed by atoms with Crippen molar-refractivity contribution in [3.05, 3.63) is 0 Å². The summed E-state index contributed by atoms with van der Waals surface area (Å²) in [6.45, 7) is 2.01. The Labute approximate surface area is 94.4 Å². The minimum atomic E-state index is -0.951. The Morgan fingerprint density at radius 2 is 2.13 bits per heavy atom. The van der Waals surface area contributed by atoms with Crippen molar-refractivity contribution in [2.75, 3.05) is 6.61 Å². The average molecular weight is 232 g/mol. The smallest absolute Gasteiger partial charge is 0.309 e. The van der Waals surface area contributed by atoms with Crippen molar-refractivity contribution in [1.82, 2.24) is 0 Å². The zero-order chi connectivity index (χ0) is 11.4. The lowest BCUT2D eigenvalue weighted by molar-refractivity contribution is -0.159. The van der Waals surface area contributed by atoms with E-state index in [4.69, 9.17) is 9.84 Å². The fourth-order valence-electron chi connectivity index (χ4n) is 2.02. The first kappa shape index (κ1) is 12.4. The second-order valence-electron chi connectivity index (χ2n) is 3.72. The van der Waals surface area contributed by atoms with Gasteiger partial charge in [-0.15, -0.1) is 0 Å². The second kappa shape index (κ2) is 5.39. The monoisotopic (exact) mass is 232 g/mol. The van der Waals surface area contributed by atoms with E-state index >= 15 is 0 Å². The average Bonchev–Trinajstić information content (AvgIpc) is 2.17. The molecular weight excluding hydrogens is 216 g/mol. The Balaban J connectivity index is 2.74. The van der Waals surface area contributed by atoms with E-state index in [1.54, 1.807) is 6.92 Å². The summed E-state index contributed by atoms with van der Waals surface area (Å²) < 4.78 is 4.87. The van der Waals surface area contributed by atoms with Crippen LogP contribution >= 0.6 is 12.6 Å². The van der Waals surface area contributed by atoms with Crippen LogP contribution in [0.5, 0.6) is 0 Å². The highest BCUT2D eigenvalue weighted by Crippen LogP contribution is 2.34. The number of carboxylic acid groups (broad SMARTS) is 1. The van der Waals surface area contributed by atoms with Gasteiger partial charge in [0.05, 0.1) is 18.4 Å². The van der Waals surface area contributed by atoms with Crippen LogP contribution < -0.4 is 0 Å². The summed E-state index contributed by atoms with van der Waals surface area (Å²) in [5.41, 5.74) is 0. The molecule has 1 aliphatic rings. The molecule has 0 radical (unpaired) electrons. The molecule has 0 aromatic rings. The summed E-state index contributed by atoms with van der Waals surface area (Å²) in [5, 5.41) is 8.79. The molecule has 0 heterocycles. The lowest BCUT2D eigenvalue weighted by atomic mass is 9.79. The number of thiol groups is 1. The van der Waals surface area contributed by atoms with E-state index in [0.29, 0.717) is 13.0 Å². The van der Waals surface area contributed by atoms with Crippen molar-refractivity contribution in [2.45, 2.75) is 31.4 Å². The van der Waals surface area contributed by atoms with Gasteiger partial charge in [0, 0.05) is 5.25 Å². The van der Waals surface area contributed by atoms with E-state index in [9.17, 15) is 9.59 Å². The van der Waals surface area contributed by atoms with Crippen molar-refractivity contribution < 1.29 is 19.4 Å². The first-order valence-corrected chi connectivity index (χ1v) is 5.67. The number of hydrogen-bond acceptors (Lipinski definition) is 4. The van der Waals surface area contributed by atoms with Crippen LogP contribution in [0.2, 0.25) is 0 Å². The van der Waals surface area contributed by atoms with Crippen LogP contribution in [0.1, 0.15) is 26.2 Å². The topological polar surface area (TPSA) is 63.6 Å². The Kier molecular flexibility index (Phi) is 4.45. The van der Waals surface area contributed by atoms with Gasteiger partial charge in [-0.25, -0.2) is 0 Å². The van der Waals surface area contributed by atoms with Gasteiger partial charge in [-0.3, -0.25) is 9.59 Å². The highest BCUT2D eigenvalue weighted by Gasteiger charge is 2.41. The van der Waals surface area contributed by atoms with Gasteiger partial charge in [-0.2, -0.15) is 12.6 Å². The standard InChI is InChI=1S/C10H16O4S/c1-2-14-10(13)6-4-3-5-7(15)8(6)9(11)12/h6-8,15H,2-5H2,1H3,(H,11,12). The highest BCUT2D eigenvalue weighted by atomic mass is 32.1. The number of rotatable bonds is 3. The predicted molar refractivity (Wildman–Crippen MR) is 57.9 cm³/mol. The number of ether oxygens (including phenoxy) is 1. The van der Waals surface area contributed by atoms with Crippen LogP contribution in [0, 0.1) is 11.8 Å². The summed E-state index contributed by atoms with van der Waals surface area (Å²) in [5.74, 6) is -2.59. The molecular formula is C10H16O4S. The van der Waals surface area contributed by atoms with Crippen LogP contribution in [-0.4, -0.2) is 28.9 Å². The van der Waals surface area contributed by atoms with Gasteiger partial charge in [0.1, 0.15) is 0 Å². The molecule has 0 saturated heterocycles. The summed E-state index contributed by atoms with van der Waals surface area (Å²) in [6, 6.07) is 0. The molecule has 0 spiro atoms. The summed E-state index contributed by atoms with van der Waals surface area (Å²) in [6.07, 6.45) is 2.17. The van der Waals surface area contributed by atoms with E-state index in [-0.39, 0.29) is 5.25 Å². The molecule has 1 rings (SSSR count).